The molecule has 112 valence electrons. The number of hydrogen-bond donors (Lipinski definition) is 1. The molecule has 21 heavy (non-hydrogen) atoms. The number of nitrogens with zero attached hydrogens (tertiary/aromatic N) is 2. The highest BCUT2D eigenvalue weighted by Gasteiger charge is 2.22. The van der Waals surface area contributed by atoms with Crippen LogP contribution in [0, 0.1) is 6.92 Å². The van der Waals surface area contributed by atoms with Crippen LogP contribution >= 0.6 is 0 Å². The van der Waals surface area contributed by atoms with E-state index in [0.29, 0.717) is 6.04 Å². The minimum atomic E-state index is 0.550. The van der Waals surface area contributed by atoms with E-state index in [-0.39, 0.29) is 0 Å². The van der Waals surface area contributed by atoms with Gasteiger partial charge in [-0.1, -0.05) is 25.1 Å². The summed E-state index contributed by atoms with van der Waals surface area (Å²) in [6.07, 6.45) is 5.77. The Bertz CT molecular complexity index is 627. The zero-order valence-electron chi connectivity index (χ0n) is 13.3. The molecule has 0 fully saturated rings. The second-order valence-corrected chi connectivity index (χ2v) is 5.94. The van der Waals surface area contributed by atoms with Gasteiger partial charge in [0.05, 0.1) is 5.69 Å². The van der Waals surface area contributed by atoms with Crippen LogP contribution in [0.15, 0.2) is 24.4 Å². The lowest BCUT2D eigenvalue weighted by Gasteiger charge is -2.13. The Labute approximate surface area is 127 Å². The third-order valence-corrected chi connectivity index (χ3v) is 4.44. The van der Waals surface area contributed by atoms with Gasteiger partial charge < -0.3 is 5.32 Å². The molecule has 0 aliphatic heterocycles. The van der Waals surface area contributed by atoms with Crippen molar-refractivity contribution in [3.63, 3.8) is 0 Å². The van der Waals surface area contributed by atoms with Crippen LogP contribution in [-0.4, -0.2) is 16.3 Å². The van der Waals surface area contributed by atoms with Crippen LogP contribution in [0.5, 0.6) is 0 Å². The van der Waals surface area contributed by atoms with Gasteiger partial charge in [0.2, 0.25) is 0 Å². The average molecular weight is 283 g/mol. The SMILES string of the molecule is CCCNC1CCc2cc(-c3cn(CC)nc3C)ccc21. The fourth-order valence-electron chi connectivity index (χ4n) is 3.28. The first-order valence-electron chi connectivity index (χ1n) is 8.13. The molecule has 1 aromatic heterocycles. The summed E-state index contributed by atoms with van der Waals surface area (Å²) >= 11 is 0. The largest absolute Gasteiger partial charge is 0.310 e. The zero-order chi connectivity index (χ0) is 14.8. The van der Waals surface area contributed by atoms with Crippen molar-refractivity contribution in [1.29, 1.82) is 0 Å². The Morgan fingerprint density at radius 1 is 1.33 bits per heavy atom. The van der Waals surface area contributed by atoms with E-state index >= 15 is 0 Å². The fraction of sp³-hybridized carbons (Fsp3) is 0.500. The van der Waals surface area contributed by atoms with Gasteiger partial charge in [-0.2, -0.15) is 5.10 Å². The van der Waals surface area contributed by atoms with Gasteiger partial charge in [-0.05, 0) is 56.3 Å². The van der Waals surface area contributed by atoms with Crippen molar-refractivity contribution in [2.24, 2.45) is 0 Å². The van der Waals surface area contributed by atoms with Crippen molar-refractivity contribution < 1.29 is 0 Å². The molecular weight excluding hydrogens is 258 g/mol. The van der Waals surface area contributed by atoms with Gasteiger partial charge in [0.1, 0.15) is 0 Å². The second-order valence-electron chi connectivity index (χ2n) is 5.94. The number of nitrogens with one attached hydrogen (secondary N) is 1. The highest BCUT2D eigenvalue weighted by molar-refractivity contribution is 5.67. The summed E-state index contributed by atoms with van der Waals surface area (Å²) < 4.78 is 2.02. The number of rotatable bonds is 5. The van der Waals surface area contributed by atoms with E-state index in [1.807, 2.05) is 4.68 Å². The van der Waals surface area contributed by atoms with Crippen molar-refractivity contribution in [3.8, 4) is 11.1 Å². The lowest BCUT2D eigenvalue weighted by Crippen LogP contribution is -2.19. The van der Waals surface area contributed by atoms with E-state index in [2.05, 4.69) is 55.6 Å². The molecule has 1 atom stereocenters. The molecule has 3 rings (SSSR count). The summed E-state index contributed by atoms with van der Waals surface area (Å²) in [5.74, 6) is 0. The van der Waals surface area contributed by atoms with Crippen LogP contribution in [0.25, 0.3) is 11.1 Å². The van der Waals surface area contributed by atoms with E-state index in [1.165, 1.54) is 41.5 Å². The molecule has 1 aromatic carbocycles. The van der Waals surface area contributed by atoms with Crippen LogP contribution in [0.4, 0.5) is 0 Å². The number of hydrogen-bond acceptors (Lipinski definition) is 2. The van der Waals surface area contributed by atoms with Crippen molar-refractivity contribution in [3.05, 3.63) is 41.2 Å². The van der Waals surface area contributed by atoms with Crippen LogP contribution in [0.3, 0.4) is 0 Å². The van der Waals surface area contributed by atoms with Crippen LogP contribution in [0.2, 0.25) is 0 Å². The summed E-state index contributed by atoms with van der Waals surface area (Å²) in [7, 11) is 0. The van der Waals surface area contributed by atoms with E-state index in [1.54, 1.807) is 0 Å². The normalized spacial score (nSPS) is 17.2. The predicted molar refractivity (Wildman–Crippen MR) is 87.4 cm³/mol. The maximum atomic E-state index is 4.56. The van der Waals surface area contributed by atoms with Crippen molar-refractivity contribution in [2.45, 2.75) is 52.6 Å². The summed E-state index contributed by atoms with van der Waals surface area (Å²) in [5, 5.41) is 8.21. The third kappa shape index (κ3) is 2.75. The van der Waals surface area contributed by atoms with Gasteiger partial charge in [-0.15, -0.1) is 0 Å². The molecule has 3 nitrogen and oxygen atoms in total. The standard InChI is InChI=1S/C18H25N3/c1-4-10-19-18-9-7-14-11-15(6-8-16(14)18)17-12-21(5-2)20-13(17)3/h6,8,11-12,18-19H,4-5,7,9-10H2,1-3H3. The van der Waals surface area contributed by atoms with E-state index in [9.17, 15) is 0 Å². The fourth-order valence-corrected chi connectivity index (χ4v) is 3.28. The molecular formula is C18H25N3. The molecule has 0 amide bonds. The van der Waals surface area contributed by atoms with Crippen molar-refractivity contribution in [2.75, 3.05) is 6.54 Å². The highest BCUT2D eigenvalue weighted by atomic mass is 15.3. The smallest absolute Gasteiger partial charge is 0.0672 e. The van der Waals surface area contributed by atoms with Gasteiger partial charge >= 0.3 is 0 Å². The Morgan fingerprint density at radius 2 is 2.19 bits per heavy atom. The van der Waals surface area contributed by atoms with Gasteiger partial charge in [0.25, 0.3) is 0 Å². The van der Waals surface area contributed by atoms with Crippen LogP contribution in [0.1, 0.15) is 49.6 Å². The third-order valence-electron chi connectivity index (χ3n) is 4.44. The molecule has 0 radical (unpaired) electrons. The summed E-state index contributed by atoms with van der Waals surface area (Å²) in [6.45, 7) is 8.48. The Morgan fingerprint density at radius 3 is 2.90 bits per heavy atom. The monoisotopic (exact) mass is 283 g/mol. The molecule has 0 spiro atoms. The number of aromatic nitrogens is 2. The molecule has 1 heterocycles. The first-order chi connectivity index (χ1) is 10.2. The van der Waals surface area contributed by atoms with Crippen molar-refractivity contribution in [1.82, 2.24) is 15.1 Å². The van der Waals surface area contributed by atoms with Crippen LogP contribution in [-0.2, 0) is 13.0 Å². The Hall–Kier alpha value is -1.61. The molecule has 0 saturated carbocycles. The highest BCUT2D eigenvalue weighted by Crippen LogP contribution is 2.34. The molecule has 1 unspecified atom stereocenters. The topological polar surface area (TPSA) is 29.9 Å². The molecule has 1 aliphatic carbocycles. The number of benzene rings is 1. The Kier molecular flexibility index (Phi) is 4.11. The number of fused-ring (bicyclic) bond motifs is 1. The molecule has 0 bridgehead atoms. The number of aryl methyl sites for hydroxylation is 3. The van der Waals surface area contributed by atoms with Gasteiger partial charge in [0, 0.05) is 24.3 Å². The van der Waals surface area contributed by atoms with Crippen molar-refractivity contribution >= 4 is 0 Å². The average Bonchev–Trinajstić information content (AvgIpc) is 3.07. The summed E-state index contributed by atoms with van der Waals surface area (Å²) in [6, 6.07) is 7.49. The van der Waals surface area contributed by atoms with Crippen LogP contribution < -0.4 is 5.32 Å². The minimum Gasteiger partial charge on any atom is -0.310 e. The lowest BCUT2D eigenvalue weighted by molar-refractivity contribution is 0.529. The minimum absolute atomic E-state index is 0.550. The van der Waals surface area contributed by atoms with Gasteiger partial charge in [0.15, 0.2) is 0 Å². The quantitative estimate of drug-likeness (QED) is 0.903. The van der Waals surface area contributed by atoms with E-state index < -0.39 is 0 Å². The second kappa shape index (κ2) is 6.02. The Balaban J connectivity index is 1.88. The molecule has 1 N–H and O–H groups in total. The van der Waals surface area contributed by atoms with Gasteiger partial charge in [-0.25, -0.2) is 0 Å². The molecule has 0 saturated heterocycles. The zero-order valence-corrected chi connectivity index (χ0v) is 13.3. The molecule has 3 heteroatoms. The first-order valence-corrected chi connectivity index (χ1v) is 8.13. The maximum absolute atomic E-state index is 4.56. The van der Waals surface area contributed by atoms with E-state index in [4.69, 9.17) is 0 Å². The predicted octanol–water partition coefficient (Wildman–Crippen LogP) is 3.87. The van der Waals surface area contributed by atoms with E-state index in [0.717, 1.165) is 18.8 Å². The summed E-state index contributed by atoms with van der Waals surface area (Å²) in [4.78, 5) is 0. The molecule has 2 aromatic rings. The maximum Gasteiger partial charge on any atom is 0.0672 e. The molecule has 1 aliphatic rings. The lowest BCUT2D eigenvalue weighted by atomic mass is 10.0. The first kappa shape index (κ1) is 14.3. The summed E-state index contributed by atoms with van der Waals surface area (Å²) in [5.41, 5.74) is 6.69. The van der Waals surface area contributed by atoms with Gasteiger partial charge in [-0.3, -0.25) is 4.68 Å².